The van der Waals surface area contributed by atoms with Crippen molar-refractivity contribution in [1.29, 1.82) is 0 Å². The molecule has 77 heavy (non-hydrogen) atoms. The van der Waals surface area contributed by atoms with Crippen LogP contribution in [0.1, 0.15) is 0 Å². The van der Waals surface area contributed by atoms with E-state index in [-0.39, 0.29) is 587 Å². The zero-order valence-electron chi connectivity index (χ0n) is 34.8. The zero-order valence-corrected chi connectivity index (χ0v) is 103. The molecule has 48 nitrogen and oxygen atoms in total. The third-order valence-corrected chi connectivity index (χ3v) is 0. The Balaban J connectivity index is -0.0000000163. The maximum atomic E-state index is 8.52. The number of hydrogen-bond donors (Lipinski definition) is 0. The molecular formula is Ba12Cl4O48OsS12. The van der Waals surface area contributed by atoms with Crippen LogP contribution in [0.25, 0.3) is 0 Å². The van der Waals surface area contributed by atoms with Gasteiger partial charge >= 0.3 is 636 Å². The van der Waals surface area contributed by atoms with E-state index in [9.17, 15) is 0 Å². The average molecular weight is 3130 g/mol. The normalized spacial score (nSPS) is 10.0. The fourth-order valence-corrected chi connectivity index (χ4v) is 0. The number of rotatable bonds is 0. The van der Waals surface area contributed by atoms with E-state index in [1.165, 1.54) is 0 Å². The molecule has 0 N–H and O–H groups in total. The van der Waals surface area contributed by atoms with Gasteiger partial charge in [0.1, 0.15) is 0 Å². The quantitative estimate of drug-likeness (QED) is 0.123. The summed E-state index contributed by atoms with van der Waals surface area (Å²) in [6.45, 7) is 0. The molecule has 0 saturated heterocycles. The van der Waals surface area contributed by atoms with Crippen LogP contribution in [0.3, 0.4) is 0 Å². The Labute approximate surface area is 940 Å². The molecule has 0 unspecified atom stereocenters. The van der Waals surface area contributed by atoms with E-state index in [0.29, 0.717) is 0 Å². The van der Waals surface area contributed by atoms with E-state index in [4.69, 9.17) is 249 Å². The summed E-state index contributed by atoms with van der Waals surface area (Å²) in [5.41, 5.74) is 0. The predicted molar refractivity (Wildman–Crippen MR) is 218 cm³/mol. The molecule has 0 amide bonds. The average Bonchev–Trinajstić information content (AvgIpc) is 2.54. The first-order chi connectivity index (χ1) is 26.0. The Kier molecular flexibility index (Phi) is 199. The van der Waals surface area contributed by atoms with E-state index in [1.807, 2.05) is 0 Å². The van der Waals surface area contributed by atoms with Crippen molar-refractivity contribution in [2.75, 3.05) is 0 Å². The Hall–Kier alpha value is 19.1. The van der Waals surface area contributed by atoms with Crippen molar-refractivity contribution < 1.29 is 221 Å². The summed E-state index contributed by atoms with van der Waals surface area (Å²) in [5, 5.41) is 0. The van der Waals surface area contributed by atoms with Gasteiger partial charge in [0, 0.05) is 125 Å². The summed E-state index contributed by atoms with van der Waals surface area (Å²) in [5.74, 6) is 0. The van der Waals surface area contributed by atoms with E-state index in [0.717, 1.165) is 0 Å². The molecule has 0 bridgehead atoms. The molecule has 0 aromatic heterocycles. The third-order valence-electron chi connectivity index (χ3n) is 0. The zero-order chi connectivity index (χ0) is 58.5. The first-order valence-corrected chi connectivity index (χ1v) is 37.1. The molecule has 0 aliphatic carbocycles. The summed E-state index contributed by atoms with van der Waals surface area (Å²) in [6.07, 6.45) is 0. The van der Waals surface area contributed by atoms with Crippen LogP contribution in [0.15, 0.2) is 0 Å². The summed E-state index contributed by atoms with van der Waals surface area (Å²) in [7, 11) is -41.9. The molecule has 0 radical (unpaired) electrons. The van der Waals surface area contributed by atoms with Gasteiger partial charge in [-0.2, -0.15) is 0 Å². The van der Waals surface area contributed by atoms with Gasteiger partial charge in [-0.25, -0.2) is 0 Å². The van der Waals surface area contributed by atoms with E-state index >= 15 is 0 Å². The van der Waals surface area contributed by atoms with Crippen LogP contribution in [0, 0.1) is 0 Å². The van der Waals surface area contributed by atoms with E-state index in [2.05, 4.69) is 0 Å². The van der Waals surface area contributed by atoms with Gasteiger partial charge in [0.25, 0.3) is 0 Å². The van der Waals surface area contributed by atoms with Crippen LogP contribution in [0.4, 0.5) is 0 Å². The second-order valence-corrected chi connectivity index (χ2v) is 37.0. The van der Waals surface area contributed by atoms with Gasteiger partial charge in [-0.3, -0.25) is 101 Å². The molecule has 0 spiro atoms. The number of halogens is 4. The standard InChI is InChI=1S/12Ba.4ClH.12H2O4S.Os/c;;;;;;;;;;;;;;;;12*1-5(2,3)4;/h;;;;;;;;;;;;4*1H;12*(H2,1,2,3,4);/q12*+2;;;;;;;;;;;;;;;;;+4/p-28. The van der Waals surface area contributed by atoms with Crippen molar-refractivity contribution in [2.45, 2.75) is 0 Å². The van der Waals surface area contributed by atoms with Crippen molar-refractivity contribution in [3.63, 3.8) is 0 Å². The molecule has 0 saturated carbocycles. The third kappa shape index (κ3) is 2260. The molecule has 0 aromatic carbocycles. The molecular weight excluding hydrogens is 3130 g/mol. The molecule has 77 heteroatoms. The van der Waals surface area contributed by atoms with Crippen molar-refractivity contribution in [3.05, 3.63) is 0 Å². The van der Waals surface area contributed by atoms with Crippen LogP contribution >= 0.6 is 38.6 Å². The predicted octanol–water partition coefficient (Wildman–Crippen LogP) is -17.9. The summed E-state index contributed by atoms with van der Waals surface area (Å²) in [4.78, 5) is 0. The van der Waals surface area contributed by atoms with Crippen LogP contribution in [-0.4, -0.2) is 797 Å². The minimum absolute atomic E-state index is 0. The monoisotopic (exact) mass is 3140 g/mol. The van der Waals surface area contributed by atoms with Crippen LogP contribution in [-0.2, 0) is 136 Å². The summed E-state index contributed by atoms with van der Waals surface area (Å²) in [6, 6.07) is 0. The van der Waals surface area contributed by atoms with Crippen molar-refractivity contribution in [1.82, 2.24) is 0 Å². The molecule has 420 valence electrons. The Bertz CT molecular complexity index is 1860. The summed E-state index contributed by atoms with van der Waals surface area (Å²) < 4.78 is 409. The Morgan fingerprint density at radius 2 is 0.143 bits per heavy atom. The van der Waals surface area contributed by atoms with Crippen molar-refractivity contribution in [2.24, 2.45) is 0 Å². The van der Waals surface area contributed by atoms with Gasteiger partial charge in [0.2, 0.25) is 0 Å². The molecule has 0 aromatic rings. The van der Waals surface area contributed by atoms with E-state index < -0.39 is 136 Å². The molecule has 0 aliphatic heterocycles. The second kappa shape index (κ2) is 89.3. The minimum atomic E-state index is -5.17. The van der Waals surface area contributed by atoms with E-state index in [1.54, 1.807) is 0 Å². The van der Waals surface area contributed by atoms with Crippen LogP contribution in [0.2, 0.25) is 0 Å². The fourth-order valence-electron chi connectivity index (χ4n) is 0. The van der Waals surface area contributed by atoms with Gasteiger partial charge in [0.05, 0.1) is 0 Å². The van der Waals surface area contributed by atoms with Gasteiger partial charge in [-0.1, -0.05) is 0 Å². The number of hydrogen-bond acceptors (Lipinski definition) is 48. The summed E-state index contributed by atoms with van der Waals surface area (Å²) >= 11 is -3.17. The molecule has 0 fully saturated rings. The topological polar surface area (TPSA) is 963 Å². The van der Waals surface area contributed by atoms with Gasteiger partial charge in [0.15, 0.2) is 0 Å². The fraction of sp³-hybridized carbons (Fsp3) is 0. The van der Waals surface area contributed by atoms with Crippen molar-refractivity contribution >= 4 is 750 Å². The first-order valence-electron chi connectivity index (χ1n) is 8.53. The van der Waals surface area contributed by atoms with Gasteiger partial charge in [-0.05, 0) is 0 Å². The van der Waals surface area contributed by atoms with Crippen LogP contribution < -0.4 is 0 Å². The molecule has 0 heterocycles. The Morgan fingerprint density at radius 3 is 0.143 bits per heavy atom. The molecule has 0 rings (SSSR count). The first kappa shape index (κ1) is 172. The van der Waals surface area contributed by atoms with Crippen LogP contribution in [0.5, 0.6) is 0 Å². The van der Waals surface area contributed by atoms with Gasteiger partial charge < -0.3 is 109 Å². The molecule has 0 atom stereocenters. The maximum absolute atomic E-state index is 8.52. The van der Waals surface area contributed by atoms with Crippen molar-refractivity contribution in [3.8, 4) is 0 Å². The molecule has 0 aliphatic rings. The van der Waals surface area contributed by atoms with Gasteiger partial charge in [-0.15, -0.1) is 0 Å². The Morgan fingerprint density at radius 1 is 0.143 bits per heavy atom. The SMILES string of the molecule is O=S(=O)([O-])[O-].O=S(=O)([O-])[O-].O=S(=O)([O-])[O-].O=S(=O)([O-])[O-].O=S(=O)([O-])[O-].O=S(=O)([O-])[O-].O=S(=O)([O-])[O-].O=S(=O)([O-])[O-].O=S(=O)([O-])[O-].O=S(=O)([O-])[O-].O=S(=O)([O-])[O-].O=S(=O)([O-])[O-].[Ba+2].[Ba+2].[Ba+2].[Ba+2].[Ba+2].[Ba+2].[Ba+2].[Ba+2].[Ba+2].[Ba+2].[Ba+2].[Ba+2].[Cl][Os]([Cl])([Cl])[Cl]. The second-order valence-electron chi connectivity index (χ2n) is 5.20.